The molecule has 0 saturated heterocycles. The van der Waals surface area contributed by atoms with Crippen molar-refractivity contribution in [1.82, 2.24) is 10.3 Å². The molecule has 1 rings (SSSR count). The molecular weight excluding hydrogens is 254 g/mol. The molecule has 0 aliphatic carbocycles. The number of aromatic nitrogens is 1. The van der Waals surface area contributed by atoms with E-state index in [9.17, 15) is 14.4 Å². The number of amides is 2. The summed E-state index contributed by atoms with van der Waals surface area (Å²) in [5.74, 6) is -1.71. The van der Waals surface area contributed by atoms with Gasteiger partial charge in [-0.2, -0.15) is 0 Å². The quantitative estimate of drug-likeness (QED) is 0.667. The van der Waals surface area contributed by atoms with Crippen molar-refractivity contribution in [3.63, 3.8) is 0 Å². The zero-order valence-electron chi connectivity index (χ0n) is 10.2. The summed E-state index contributed by atoms with van der Waals surface area (Å²) in [5.41, 5.74) is 0.157. The average Bonchev–Trinajstić information content (AvgIpc) is 2.37. The first kappa shape index (κ1) is 14.4. The average molecular weight is 267 g/mol. The highest BCUT2D eigenvalue weighted by molar-refractivity contribution is 5.93. The number of urea groups is 1. The van der Waals surface area contributed by atoms with Gasteiger partial charge in [0, 0.05) is 6.20 Å². The molecule has 0 spiro atoms. The molecule has 0 bridgehead atoms. The van der Waals surface area contributed by atoms with Gasteiger partial charge in [-0.1, -0.05) is 0 Å². The lowest BCUT2D eigenvalue weighted by Crippen LogP contribution is -2.34. The lowest BCUT2D eigenvalue weighted by atomic mass is 10.3. The summed E-state index contributed by atoms with van der Waals surface area (Å²) in [6, 6.07) is 0.594. The van der Waals surface area contributed by atoms with Gasteiger partial charge in [0.1, 0.15) is 6.54 Å². The van der Waals surface area contributed by atoms with Gasteiger partial charge in [-0.05, 0) is 13.0 Å². The standard InChI is InChI=1S/C11H13N3O5/c1-2-19-9(15)6-13-11(18)14-8-3-7(10(16)17)4-12-5-8/h3-5H,2,6H2,1H3,(H,16,17)(H2,13,14,18). The van der Waals surface area contributed by atoms with Crippen LogP contribution in [0.2, 0.25) is 0 Å². The first-order valence-corrected chi connectivity index (χ1v) is 5.41. The molecule has 2 amide bonds. The summed E-state index contributed by atoms with van der Waals surface area (Å²) in [7, 11) is 0. The summed E-state index contributed by atoms with van der Waals surface area (Å²) in [6.07, 6.45) is 2.44. The van der Waals surface area contributed by atoms with Crippen LogP contribution in [0.1, 0.15) is 17.3 Å². The minimum atomic E-state index is -1.15. The van der Waals surface area contributed by atoms with E-state index in [0.717, 1.165) is 6.20 Å². The van der Waals surface area contributed by atoms with Crippen molar-refractivity contribution >= 4 is 23.7 Å². The van der Waals surface area contributed by atoms with Crippen molar-refractivity contribution in [2.24, 2.45) is 0 Å². The fourth-order valence-corrected chi connectivity index (χ4v) is 1.17. The predicted octanol–water partition coefficient (Wildman–Crippen LogP) is 0.464. The number of aromatic carboxylic acids is 1. The number of hydrogen-bond acceptors (Lipinski definition) is 5. The lowest BCUT2D eigenvalue weighted by Gasteiger charge is -2.07. The van der Waals surface area contributed by atoms with Crippen molar-refractivity contribution in [3.05, 3.63) is 24.0 Å². The Kier molecular flexibility index (Phi) is 5.27. The molecule has 0 aromatic carbocycles. The summed E-state index contributed by atoms with van der Waals surface area (Å²) in [5, 5.41) is 13.4. The number of carbonyl (C=O) groups is 3. The van der Waals surface area contributed by atoms with Crippen LogP contribution < -0.4 is 10.6 Å². The molecule has 1 aromatic heterocycles. The molecule has 19 heavy (non-hydrogen) atoms. The molecule has 0 saturated carbocycles. The van der Waals surface area contributed by atoms with E-state index >= 15 is 0 Å². The maximum Gasteiger partial charge on any atom is 0.337 e. The second kappa shape index (κ2) is 6.94. The van der Waals surface area contributed by atoms with Crippen LogP contribution in [-0.2, 0) is 9.53 Å². The van der Waals surface area contributed by atoms with E-state index in [1.807, 2.05) is 0 Å². The number of esters is 1. The minimum absolute atomic E-state index is 0.0526. The topological polar surface area (TPSA) is 118 Å². The van der Waals surface area contributed by atoms with Crippen molar-refractivity contribution in [3.8, 4) is 0 Å². The molecule has 0 unspecified atom stereocenters. The first-order chi connectivity index (χ1) is 9.02. The van der Waals surface area contributed by atoms with E-state index < -0.39 is 18.0 Å². The normalized spacial score (nSPS) is 9.53. The molecule has 0 atom stereocenters. The Balaban J connectivity index is 2.50. The fourth-order valence-electron chi connectivity index (χ4n) is 1.17. The predicted molar refractivity (Wildman–Crippen MR) is 64.9 cm³/mol. The van der Waals surface area contributed by atoms with E-state index in [-0.39, 0.29) is 24.4 Å². The first-order valence-electron chi connectivity index (χ1n) is 5.41. The van der Waals surface area contributed by atoms with Gasteiger partial charge in [0.25, 0.3) is 0 Å². The van der Waals surface area contributed by atoms with Gasteiger partial charge in [-0.25, -0.2) is 9.59 Å². The van der Waals surface area contributed by atoms with Crippen LogP contribution in [0.4, 0.5) is 10.5 Å². The molecule has 1 aromatic rings. The van der Waals surface area contributed by atoms with Crippen LogP contribution in [-0.4, -0.2) is 41.2 Å². The Bertz CT molecular complexity index is 489. The van der Waals surface area contributed by atoms with E-state index in [2.05, 4.69) is 20.4 Å². The maximum absolute atomic E-state index is 11.4. The van der Waals surface area contributed by atoms with Gasteiger partial charge in [0.15, 0.2) is 0 Å². The third kappa shape index (κ3) is 5.02. The van der Waals surface area contributed by atoms with E-state index in [1.54, 1.807) is 6.92 Å². The third-order valence-electron chi connectivity index (χ3n) is 1.94. The van der Waals surface area contributed by atoms with Crippen molar-refractivity contribution in [2.45, 2.75) is 6.92 Å². The van der Waals surface area contributed by atoms with Gasteiger partial charge in [0.05, 0.1) is 24.1 Å². The molecule has 0 aliphatic heterocycles. The van der Waals surface area contributed by atoms with Crippen LogP contribution in [0.5, 0.6) is 0 Å². The van der Waals surface area contributed by atoms with Crippen LogP contribution in [0.25, 0.3) is 0 Å². The Hall–Kier alpha value is -2.64. The Morgan fingerprint density at radius 3 is 2.74 bits per heavy atom. The lowest BCUT2D eigenvalue weighted by molar-refractivity contribution is -0.141. The maximum atomic E-state index is 11.4. The van der Waals surface area contributed by atoms with Gasteiger partial charge < -0.3 is 20.5 Å². The number of ether oxygens (including phenoxy) is 1. The van der Waals surface area contributed by atoms with Crippen LogP contribution >= 0.6 is 0 Å². The number of carbonyl (C=O) groups excluding carboxylic acids is 2. The highest BCUT2D eigenvalue weighted by atomic mass is 16.5. The van der Waals surface area contributed by atoms with E-state index in [0.29, 0.717) is 0 Å². The third-order valence-corrected chi connectivity index (χ3v) is 1.94. The molecule has 8 heteroatoms. The smallest absolute Gasteiger partial charge is 0.337 e. The van der Waals surface area contributed by atoms with Crippen molar-refractivity contribution in [2.75, 3.05) is 18.5 Å². The number of carboxylic acids is 1. The molecule has 0 aliphatic rings. The molecular formula is C11H13N3O5. The zero-order valence-corrected chi connectivity index (χ0v) is 10.2. The number of pyridine rings is 1. The number of carboxylic acid groups (broad SMARTS) is 1. The minimum Gasteiger partial charge on any atom is -0.478 e. The fraction of sp³-hybridized carbons (Fsp3) is 0.273. The van der Waals surface area contributed by atoms with Crippen LogP contribution in [0.3, 0.4) is 0 Å². The highest BCUT2D eigenvalue weighted by Crippen LogP contribution is 2.07. The molecule has 8 nitrogen and oxygen atoms in total. The second-order valence-corrected chi connectivity index (χ2v) is 3.38. The van der Waals surface area contributed by atoms with Gasteiger partial charge in [-0.3, -0.25) is 9.78 Å². The Morgan fingerprint density at radius 2 is 2.11 bits per heavy atom. The number of rotatable bonds is 5. The molecule has 102 valence electrons. The monoisotopic (exact) mass is 267 g/mol. The highest BCUT2D eigenvalue weighted by Gasteiger charge is 2.08. The summed E-state index contributed by atoms with van der Waals surface area (Å²) >= 11 is 0. The largest absolute Gasteiger partial charge is 0.478 e. The van der Waals surface area contributed by atoms with Gasteiger partial charge in [-0.15, -0.1) is 0 Å². The molecule has 1 heterocycles. The zero-order chi connectivity index (χ0) is 14.3. The number of nitrogens with one attached hydrogen (secondary N) is 2. The molecule has 3 N–H and O–H groups in total. The summed E-state index contributed by atoms with van der Waals surface area (Å²) in [6.45, 7) is 1.61. The van der Waals surface area contributed by atoms with Gasteiger partial charge in [0.2, 0.25) is 0 Å². The Morgan fingerprint density at radius 1 is 1.37 bits per heavy atom. The summed E-state index contributed by atoms with van der Waals surface area (Å²) < 4.78 is 4.62. The van der Waals surface area contributed by atoms with Gasteiger partial charge >= 0.3 is 18.0 Å². The second-order valence-electron chi connectivity index (χ2n) is 3.38. The van der Waals surface area contributed by atoms with E-state index in [1.165, 1.54) is 12.3 Å². The number of nitrogens with zero attached hydrogens (tertiary/aromatic N) is 1. The van der Waals surface area contributed by atoms with Crippen LogP contribution in [0.15, 0.2) is 18.5 Å². The number of anilines is 1. The van der Waals surface area contributed by atoms with Crippen molar-refractivity contribution in [1.29, 1.82) is 0 Å². The van der Waals surface area contributed by atoms with Crippen molar-refractivity contribution < 1.29 is 24.2 Å². The SMILES string of the molecule is CCOC(=O)CNC(=O)Nc1cncc(C(=O)O)c1. The van der Waals surface area contributed by atoms with Crippen LogP contribution in [0, 0.1) is 0 Å². The molecule has 0 radical (unpaired) electrons. The molecule has 0 fully saturated rings. The Labute approximate surface area is 108 Å². The summed E-state index contributed by atoms with van der Waals surface area (Å²) in [4.78, 5) is 36.8. The van der Waals surface area contributed by atoms with E-state index in [4.69, 9.17) is 5.11 Å². The number of hydrogen-bond donors (Lipinski definition) is 3.